The van der Waals surface area contributed by atoms with Crippen molar-refractivity contribution in [1.29, 1.82) is 5.26 Å². The number of rotatable bonds is 3. The predicted molar refractivity (Wildman–Crippen MR) is 107 cm³/mol. The van der Waals surface area contributed by atoms with Gasteiger partial charge in [-0.1, -0.05) is 23.7 Å². The zero-order valence-electron chi connectivity index (χ0n) is 14.6. The average molecular weight is 374 g/mol. The molecule has 1 unspecified atom stereocenters. The van der Waals surface area contributed by atoms with Crippen LogP contribution in [0.3, 0.4) is 0 Å². The summed E-state index contributed by atoms with van der Waals surface area (Å²) in [7, 11) is 0. The van der Waals surface area contributed by atoms with Gasteiger partial charge in [-0.25, -0.2) is 9.97 Å². The fourth-order valence-electron chi connectivity index (χ4n) is 2.99. The summed E-state index contributed by atoms with van der Waals surface area (Å²) in [5.74, 6) is 0.724. The van der Waals surface area contributed by atoms with Crippen LogP contribution in [0.25, 0.3) is 28.1 Å². The van der Waals surface area contributed by atoms with Gasteiger partial charge in [-0.3, -0.25) is 4.57 Å². The molecule has 0 saturated heterocycles. The van der Waals surface area contributed by atoms with Crippen molar-refractivity contribution in [2.24, 2.45) is 5.73 Å². The molecule has 132 valence electrons. The molecule has 4 aromatic rings. The second-order valence-corrected chi connectivity index (χ2v) is 6.75. The van der Waals surface area contributed by atoms with Crippen molar-refractivity contribution in [2.45, 2.75) is 13.0 Å². The zero-order chi connectivity index (χ0) is 19.0. The smallest absolute Gasteiger partial charge is 0.139 e. The Balaban J connectivity index is 1.82. The fraction of sp³-hybridized carbons (Fsp3) is 0.0952. The number of nitrogens with two attached hydrogens (primary N) is 1. The molecule has 5 nitrogen and oxygen atoms in total. The van der Waals surface area contributed by atoms with E-state index in [1.807, 2.05) is 47.9 Å². The summed E-state index contributed by atoms with van der Waals surface area (Å²) in [4.78, 5) is 9.22. The molecule has 0 bridgehead atoms. The number of hydrogen-bond acceptors (Lipinski definition) is 4. The molecular weight excluding hydrogens is 358 g/mol. The quantitative estimate of drug-likeness (QED) is 0.567. The first kappa shape index (κ1) is 17.2. The Labute approximate surface area is 161 Å². The van der Waals surface area contributed by atoms with Crippen LogP contribution in [0, 0.1) is 11.3 Å². The maximum atomic E-state index is 9.15. The lowest BCUT2D eigenvalue weighted by molar-refractivity contribution is 0.819. The van der Waals surface area contributed by atoms with Crippen LogP contribution in [0.1, 0.15) is 24.1 Å². The maximum Gasteiger partial charge on any atom is 0.139 e. The normalized spacial score (nSPS) is 12.1. The van der Waals surface area contributed by atoms with Gasteiger partial charge in [-0.05, 0) is 55.0 Å². The van der Waals surface area contributed by atoms with Gasteiger partial charge in [-0.2, -0.15) is 5.26 Å². The van der Waals surface area contributed by atoms with E-state index in [0.29, 0.717) is 16.3 Å². The molecule has 2 aromatic heterocycles. The van der Waals surface area contributed by atoms with E-state index >= 15 is 0 Å². The molecule has 0 aliphatic heterocycles. The number of fused-ring (bicyclic) bond motifs is 1. The fourth-order valence-corrected chi connectivity index (χ4v) is 3.21. The molecule has 0 saturated carbocycles. The van der Waals surface area contributed by atoms with E-state index in [1.54, 1.807) is 24.5 Å². The van der Waals surface area contributed by atoms with Crippen LogP contribution in [-0.4, -0.2) is 14.5 Å². The van der Waals surface area contributed by atoms with Gasteiger partial charge in [0.25, 0.3) is 0 Å². The number of benzene rings is 2. The van der Waals surface area contributed by atoms with Crippen molar-refractivity contribution < 1.29 is 0 Å². The van der Waals surface area contributed by atoms with Gasteiger partial charge in [0.05, 0.1) is 33.4 Å². The Kier molecular flexibility index (Phi) is 4.36. The van der Waals surface area contributed by atoms with Crippen LogP contribution in [-0.2, 0) is 0 Å². The van der Waals surface area contributed by atoms with Gasteiger partial charge in [0.1, 0.15) is 12.1 Å². The molecule has 2 aromatic carbocycles. The average Bonchev–Trinajstić information content (AvgIpc) is 3.11. The van der Waals surface area contributed by atoms with Gasteiger partial charge >= 0.3 is 0 Å². The number of nitrogens with zero attached hydrogens (tertiary/aromatic N) is 4. The highest BCUT2D eigenvalue weighted by atomic mass is 35.5. The summed E-state index contributed by atoms with van der Waals surface area (Å²) >= 11 is 6.33. The largest absolute Gasteiger partial charge is 0.324 e. The van der Waals surface area contributed by atoms with E-state index < -0.39 is 0 Å². The number of pyridine rings is 1. The van der Waals surface area contributed by atoms with Crippen LogP contribution in [0.2, 0.25) is 5.02 Å². The summed E-state index contributed by atoms with van der Waals surface area (Å²) < 4.78 is 1.92. The maximum absolute atomic E-state index is 9.15. The molecule has 1 atom stereocenters. The van der Waals surface area contributed by atoms with Crippen LogP contribution in [0.4, 0.5) is 0 Å². The summed E-state index contributed by atoms with van der Waals surface area (Å²) in [5.41, 5.74) is 10.8. The first-order valence-electron chi connectivity index (χ1n) is 8.47. The third kappa shape index (κ3) is 3.17. The molecule has 2 heterocycles. The minimum Gasteiger partial charge on any atom is -0.324 e. The predicted octanol–water partition coefficient (Wildman–Crippen LogP) is 4.63. The molecule has 27 heavy (non-hydrogen) atoms. The molecule has 2 N–H and O–H groups in total. The molecule has 0 spiro atoms. The first-order chi connectivity index (χ1) is 13.1. The van der Waals surface area contributed by atoms with Gasteiger partial charge in [0.2, 0.25) is 0 Å². The third-order valence-corrected chi connectivity index (χ3v) is 4.78. The number of hydrogen-bond donors (Lipinski definition) is 1. The lowest BCUT2D eigenvalue weighted by Crippen LogP contribution is -2.04. The van der Waals surface area contributed by atoms with Gasteiger partial charge in [-0.15, -0.1) is 0 Å². The standard InChI is InChI=1S/C21H16ClN5/c1-13(24)15-6-8-20-19(10-15)25-12-27(20)21-4-2-3-18(26-21)16-9-14(11-23)5-7-17(16)22/h2-10,12-13H,24H2,1H3. The molecule has 0 radical (unpaired) electrons. The Morgan fingerprint density at radius 2 is 2.00 bits per heavy atom. The van der Waals surface area contributed by atoms with Crippen molar-refractivity contribution in [2.75, 3.05) is 0 Å². The Morgan fingerprint density at radius 1 is 1.15 bits per heavy atom. The van der Waals surface area contributed by atoms with Crippen LogP contribution in [0.15, 0.2) is 60.9 Å². The van der Waals surface area contributed by atoms with E-state index in [-0.39, 0.29) is 6.04 Å². The SMILES string of the molecule is CC(N)c1ccc2c(c1)ncn2-c1cccc(-c2cc(C#N)ccc2Cl)n1. The lowest BCUT2D eigenvalue weighted by atomic mass is 10.1. The molecule has 0 fully saturated rings. The summed E-state index contributed by atoms with van der Waals surface area (Å²) in [6.07, 6.45) is 1.75. The second kappa shape index (κ2) is 6.84. The van der Waals surface area contributed by atoms with E-state index in [2.05, 4.69) is 11.1 Å². The van der Waals surface area contributed by atoms with Crippen molar-refractivity contribution in [3.63, 3.8) is 0 Å². The Bertz CT molecular complexity index is 1190. The molecular formula is C21H16ClN5. The molecule has 0 aliphatic carbocycles. The summed E-state index contributed by atoms with van der Waals surface area (Å²) in [5, 5.41) is 9.70. The van der Waals surface area contributed by atoms with Crippen LogP contribution >= 0.6 is 11.6 Å². The van der Waals surface area contributed by atoms with Crippen molar-refractivity contribution in [1.82, 2.24) is 14.5 Å². The lowest BCUT2D eigenvalue weighted by Gasteiger charge is -2.09. The monoisotopic (exact) mass is 373 g/mol. The number of halogens is 1. The highest BCUT2D eigenvalue weighted by molar-refractivity contribution is 6.33. The van der Waals surface area contributed by atoms with E-state index in [1.165, 1.54) is 0 Å². The van der Waals surface area contributed by atoms with Crippen LogP contribution in [0.5, 0.6) is 0 Å². The molecule has 4 rings (SSSR count). The molecule has 0 amide bonds. The minimum atomic E-state index is -0.0458. The van der Waals surface area contributed by atoms with Crippen molar-refractivity contribution in [3.05, 3.63) is 77.1 Å². The highest BCUT2D eigenvalue weighted by Gasteiger charge is 2.11. The summed E-state index contributed by atoms with van der Waals surface area (Å²) in [6, 6.07) is 18.9. The highest BCUT2D eigenvalue weighted by Crippen LogP contribution is 2.29. The van der Waals surface area contributed by atoms with Gasteiger partial charge in [0, 0.05) is 11.6 Å². The summed E-state index contributed by atoms with van der Waals surface area (Å²) in [6.45, 7) is 1.95. The van der Waals surface area contributed by atoms with E-state index in [0.717, 1.165) is 28.0 Å². The van der Waals surface area contributed by atoms with Gasteiger partial charge in [0.15, 0.2) is 0 Å². The number of imidazole rings is 1. The van der Waals surface area contributed by atoms with Crippen LogP contribution < -0.4 is 5.73 Å². The number of nitriles is 1. The van der Waals surface area contributed by atoms with Crippen molar-refractivity contribution >= 4 is 22.6 Å². The first-order valence-corrected chi connectivity index (χ1v) is 8.84. The minimum absolute atomic E-state index is 0.0458. The topological polar surface area (TPSA) is 80.5 Å². The molecule has 0 aliphatic rings. The molecule has 6 heteroatoms. The van der Waals surface area contributed by atoms with E-state index in [9.17, 15) is 0 Å². The Morgan fingerprint density at radius 3 is 2.78 bits per heavy atom. The van der Waals surface area contributed by atoms with Crippen molar-refractivity contribution in [3.8, 4) is 23.1 Å². The van der Waals surface area contributed by atoms with Gasteiger partial charge < -0.3 is 5.73 Å². The zero-order valence-corrected chi connectivity index (χ0v) is 15.4. The second-order valence-electron chi connectivity index (χ2n) is 6.34. The van der Waals surface area contributed by atoms with E-state index in [4.69, 9.17) is 27.6 Å². The Hall–Kier alpha value is -3.20. The number of aromatic nitrogens is 3. The third-order valence-electron chi connectivity index (χ3n) is 4.45.